The van der Waals surface area contributed by atoms with E-state index in [1.165, 1.54) is 4.90 Å². The van der Waals surface area contributed by atoms with Crippen molar-refractivity contribution < 1.29 is 19.5 Å². The largest absolute Gasteiger partial charge is 0.481 e. The smallest absolute Gasteiger partial charge is 0.305 e. The topological polar surface area (TPSA) is 123 Å². The van der Waals surface area contributed by atoms with Crippen molar-refractivity contribution in [1.29, 1.82) is 0 Å². The van der Waals surface area contributed by atoms with Gasteiger partial charge in [-0.25, -0.2) is 0 Å². The number of benzene rings is 2. The molecule has 2 aromatic carbocycles. The summed E-state index contributed by atoms with van der Waals surface area (Å²) in [5.41, 5.74) is 3.32. The zero-order valence-corrected chi connectivity index (χ0v) is 21.3. The van der Waals surface area contributed by atoms with E-state index < -0.39 is 17.9 Å². The van der Waals surface area contributed by atoms with Gasteiger partial charge < -0.3 is 26.0 Å². The van der Waals surface area contributed by atoms with E-state index in [1.54, 1.807) is 36.6 Å². The highest BCUT2D eigenvalue weighted by atomic mass is 35.5. The lowest BCUT2D eigenvalue weighted by Gasteiger charge is -2.26. The lowest BCUT2D eigenvalue weighted by molar-refractivity contribution is -0.139. The van der Waals surface area contributed by atoms with Crippen LogP contribution in [0.1, 0.15) is 34.8 Å². The third-order valence-electron chi connectivity index (χ3n) is 6.42. The number of hydrogen-bond acceptors (Lipinski definition) is 6. The third-order valence-corrected chi connectivity index (χ3v) is 6.42. The Labute approximate surface area is 226 Å². The van der Waals surface area contributed by atoms with E-state index in [-0.39, 0.29) is 30.6 Å². The Morgan fingerprint density at radius 1 is 1.11 bits per heavy atom. The van der Waals surface area contributed by atoms with Gasteiger partial charge >= 0.3 is 5.97 Å². The van der Waals surface area contributed by atoms with Crippen LogP contribution in [0.4, 0.5) is 5.69 Å². The first-order chi connectivity index (χ1) is 18.0. The molecule has 2 aromatic rings. The number of fused-ring (bicyclic) bond motifs is 1. The summed E-state index contributed by atoms with van der Waals surface area (Å²) in [5.74, 6) is -1.37. The molecule has 10 heteroatoms. The van der Waals surface area contributed by atoms with Gasteiger partial charge in [0, 0.05) is 36.2 Å². The molecule has 0 fully saturated rings. The molecule has 0 spiro atoms. The van der Waals surface area contributed by atoms with E-state index in [4.69, 9.17) is 0 Å². The number of allylic oxidation sites excluding steroid dienone is 2. The second kappa shape index (κ2) is 11.8. The summed E-state index contributed by atoms with van der Waals surface area (Å²) in [4.78, 5) is 43.6. The highest BCUT2D eigenvalue weighted by Gasteiger charge is 2.38. The monoisotopic (exact) mass is 533 g/mol. The Morgan fingerprint density at radius 2 is 1.87 bits per heavy atom. The number of guanidine groups is 1. The highest BCUT2D eigenvalue weighted by molar-refractivity contribution is 5.98. The SMILES string of the molecule is Cl.O=C(O)CC(c1ccccc1)N1C=C2C=CC(NC(=O)c3ccc(NC4=NCCCN4)cc3)=CC2C1=O. The zero-order chi connectivity index (χ0) is 25.8. The molecule has 0 radical (unpaired) electrons. The molecule has 3 aliphatic rings. The number of nitrogens with one attached hydrogen (secondary N) is 3. The van der Waals surface area contributed by atoms with E-state index in [1.807, 2.05) is 42.5 Å². The van der Waals surface area contributed by atoms with Crippen LogP contribution in [-0.2, 0) is 9.59 Å². The summed E-state index contributed by atoms with van der Waals surface area (Å²) in [6.45, 7) is 1.66. The first-order valence-electron chi connectivity index (χ1n) is 12.2. The van der Waals surface area contributed by atoms with Crippen LogP contribution < -0.4 is 16.0 Å². The predicted molar refractivity (Wildman–Crippen MR) is 147 cm³/mol. The number of rotatable bonds is 7. The number of carbonyl (C=O) groups is 3. The Bertz CT molecular complexity index is 1330. The van der Waals surface area contributed by atoms with Gasteiger partial charge in [0.15, 0.2) is 5.96 Å². The van der Waals surface area contributed by atoms with Gasteiger partial charge in [0.05, 0.1) is 18.4 Å². The summed E-state index contributed by atoms with van der Waals surface area (Å²) in [7, 11) is 0. The van der Waals surface area contributed by atoms with Crippen LogP contribution in [0, 0.1) is 5.92 Å². The maximum atomic E-state index is 13.3. The van der Waals surface area contributed by atoms with Crippen molar-refractivity contribution in [1.82, 2.24) is 15.5 Å². The number of carbonyl (C=O) groups excluding carboxylic acids is 2. The van der Waals surface area contributed by atoms with Crippen LogP contribution in [0.15, 0.2) is 95.3 Å². The fraction of sp³-hybridized carbons (Fsp3) is 0.214. The van der Waals surface area contributed by atoms with Crippen molar-refractivity contribution in [2.45, 2.75) is 18.9 Å². The lowest BCUT2D eigenvalue weighted by atomic mass is 9.95. The Hall–Kier alpha value is -4.37. The molecule has 0 bridgehead atoms. The molecule has 2 amide bonds. The molecule has 2 heterocycles. The fourth-order valence-corrected chi connectivity index (χ4v) is 4.55. The summed E-state index contributed by atoms with van der Waals surface area (Å²) in [6.07, 6.45) is 7.73. The number of aliphatic carboxylic acids is 1. The van der Waals surface area contributed by atoms with E-state index >= 15 is 0 Å². The zero-order valence-electron chi connectivity index (χ0n) is 20.5. The number of halogens is 1. The number of carboxylic acids is 1. The third kappa shape index (κ3) is 5.95. The molecule has 1 aliphatic carbocycles. The number of hydrogen-bond donors (Lipinski definition) is 4. The number of nitrogens with zero attached hydrogens (tertiary/aromatic N) is 2. The van der Waals surface area contributed by atoms with E-state index in [2.05, 4.69) is 20.9 Å². The van der Waals surface area contributed by atoms with E-state index in [0.29, 0.717) is 11.3 Å². The molecule has 0 saturated heterocycles. The minimum absolute atomic E-state index is 0. The van der Waals surface area contributed by atoms with E-state index in [0.717, 1.165) is 42.3 Å². The maximum absolute atomic E-state index is 13.3. The Balaban J connectivity index is 0.00000336. The van der Waals surface area contributed by atoms with Gasteiger partial charge in [0.25, 0.3) is 5.91 Å². The molecular formula is C28H28ClN5O4. The average Bonchev–Trinajstić information content (AvgIpc) is 3.24. The second-order valence-corrected chi connectivity index (χ2v) is 9.00. The first kappa shape index (κ1) is 26.7. The van der Waals surface area contributed by atoms with Crippen molar-refractivity contribution in [3.8, 4) is 0 Å². The van der Waals surface area contributed by atoms with Crippen LogP contribution >= 0.6 is 12.4 Å². The van der Waals surface area contributed by atoms with Crippen LogP contribution in [0.3, 0.4) is 0 Å². The van der Waals surface area contributed by atoms with Crippen molar-refractivity contribution in [2.75, 3.05) is 18.4 Å². The van der Waals surface area contributed by atoms with Gasteiger partial charge in [-0.2, -0.15) is 0 Å². The normalized spacial score (nSPS) is 18.6. The number of anilines is 1. The van der Waals surface area contributed by atoms with Crippen molar-refractivity contribution >= 4 is 41.8 Å². The van der Waals surface area contributed by atoms with E-state index in [9.17, 15) is 19.5 Å². The van der Waals surface area contributed by atoms with Gasteiger partial charge in [-0.05, 0) is 54.0 Å². The van der Waals surface area contributed by atoms with Gasteiger partial charge in [-0.3, -0.25) is 19.4 Å². The molecule has 5 rings (SSSR count). The van der Waals surface area contributed by atoms with Gasteiger partial charge in [0.1, 0.15) is 0 Å². The molecule has 9 nitrogen and oxygen atoms in total. The summed E-state index contributed by atoms with van der Waals surface area (Å²) in [5, 5.41) is 18.7. The summed E-state index contributed by atoms with van der Waals surface area (Å²) in [6, 6.07) is 15.6. The summed E-state index contributed by atoms with van der Waals surface area (Å²) >= 11 is 0. The molecule has 2 atom stereocenters. The second-order valence-electron chi connectivity index (χ2n) is 9.00. The average molecular weight is 534 g/mol. The van der Waals surface area contributed by atoms with Crippen LogP contribution in [0.5, 0.6) is 0 Å². The molecule has 0 saturated carbocycles. The molecule has 38 heavy (non-hydrogen) atoms. The maximum Gasteiger partial charge on any atom is 0.305 e. The predicted octanol–water partition coefficient (Wildman–Crippen LogP) is 3.61. The van der Waals surface area contributed by atoms with Gasteiger partial charge in [-0.1, -0.05) is 36.4 Å². The minimum Gasteiger partial charge on any atom is -0.481 e. The Kier molecular flexibility index (Phi) is 8.28. The lowest BCUT2D eigenvalue weighted by Crippen LogP contribution is -2.35. The van der Waals surface area contributed by atoms with Gasteiger partial charge in [-0.15, -0.1) is 12.4 Å². The minimum atomic E-state index is -0.988. The molecule has 2 aliphatic heterocycles. The molecule has 0 aromatic heterocycles. The number of aliphatic imine (C=N–C) groups is 1. The quantitative estimate of drug-likeness (QED) is 0.431. The number of amides is 2. The van der Waals surface area contributed by atoms with Crippen LogP contribution in [0.2, 0.25) is 0 Å². The summed E-state index contributed by atoms with van der Waals surface area (Å²) < 4.78 is 0. The standard InChI is InChI=1S/C28H27N5O4.ClH/c34-25(35)16-24(18-5-2-1-3-6-18)33-17-20-9-12-22(15-23(20)27(33)37)31-26(36)19-7-10-21(11-8-19)32-28-29-13-4-14-30-28;/h1-3,5-12,15,17,23-24H,4,13-14,16H2,(H,31,36)(H,34,35)(H2,29,30,32);1H. The van der Waals surface area contributed by atoms with Gasteiger partial charge in [0.2, 0.25) is 5.91 Å². The van der Waals surface area contributed by atoms with Crippen molar-refractivity contribution in [3.63, 3.8) is 0 Å². The molecule has 196 valence electrons. The van der Waals surface area contributed by atoms with Crippen molar-refractivity contribution in [2.24, 2.45) is 10.9 Å². The van der Waals surface area contributed by atoms with Crippen molar-refractivity contribution in [3.05, 3.63) is 101 Å². The number of carboxylic acid groups (broad SMARTS) is 1. The van der Waals surface area contributed by atoms with Crippen LogP contribution in [-0.4, -0.2) is 46.8 Å². The van der Waals surface area contributed by atoms with Crippen LogP contribution in [0.25, 0.3) is 0 Å². The fourth-order valence-electron chi connectivity index (χ4n) is 4.55. The molecule has 2 unspecified atom stereocenters. The Morgan fingerprint density at radius 3 is 2.55 bits per heavy atom. The molecular weight excluding hydrogens is 506 g/mol. The highest BCUT2D eigenvalue weighted by Crippen LogP contribution is 2.36. The molecule has 4 N–H and O–H groups in total. The first-order valence-corrected chi connectivity index (χ1v) is 12.2.